The Morgan fingerprint density at radius 3 is 2.58 bits per heavy atom. The second-order valence-corrected chi connectivity index (χ2v) is 7.50. The Balaban J connectivity index is 2.22. The molecule has 0 aliphatic heterocycles. The highest BCUT2D eigenvalue weighted by Crippen LogP contribution is 2.44. The third-order valence-corrected chi connectivity index (χ3v) is 4.93. The van der Waals surface area contributed by atoms with Gasteiger partial charge in [-0.2, -0.15) is 0 Å². The summed E-state index contributed by atoms with van der Waals surface area (Å²) in [5, 5.41) is 3.87. The van der Waals surface area contributed by atoms with Gasteiger partial charge in [-0.15, -0.1) is 11.3 Å². The van der Waals surface area contributed by atoms with Gasteiger partial charge in [-0.3, -0.25) is 4.98 Å². The molecule has 3 aromatic rings. The molecule has 3 heterocycles. The van der Waals surface area contributed by atoms with Gasteiger partial charge < -0.3 is 10.3 Å². The van der Waals surface area contributed by atoms with Gasteiger partial charge >= 0.3 is 0 Å². The van der Waals surface area contributed by atoms with Crippen LogP contribution in [0.2, 0.25) is 0 Å². The van der Waals surface area contributed by atoms with Crippen LogP contribution in [-0.2, 0) is 0 Å². The van der Waals surface area contributed by atoms with Gasteiger partial charge in [0, 0.05) is 18.0 Å². The molecule has 0 fully saturated rings. The zero-order valence-electron chi connectivity index (χ0n) is 9.43. The van der Waals surface area contributed by atoms with Crippen LogP contribution in [0.15, 0.2) is 42.7 Å². The molecule has 3 aromatic heterocycles. The molecule has 4 nitrogen and oxygen atoms in total. The molecule has 0 aliphatic rings. The molecule has 0 unspecified atom stereocenters. The third kappa shape index (κ3) is 2.33. The molecule has 0 saturated carbocycles. The zero-order chi connectivity index (χ0) is 13.4. The molecule has 19 heavy (non-hydrogen) atoms. The quantitative estimate of drug-likeness (QED) is 0.684. The van der Waals surface area contributed by atoms with Crippen molar-refractivity contribution in [3.63, 3.8) is 0 Å². The predicted molar refractivity (Wildman–Crippen MR) is 82.9 cm³/mol. The first-order valence-corrected chi connectivity index (χ1v) is 7.68. The fraction of sp³-hybridized carbons (Fsp3) is 0. The summed E-state index contributed by atoms with van der Waals surface area (Å²) in [5.74, 6) is 1.02. The summed E-state index contributed by atoms with van der Waals surface area (Å²) in [6, 6.07) is 5.73. The summed E-state index contributed by atoms with van der Waals surface area (Å²) in [6.07, 6.45) is 3.42. The molecule has 96 valence electrons. The second-order valence-electron chi connectivity index (χ2n) is 3.75. The molecule has 0 atom stereocenters. The lowest BCUT2D eigenvalue weighted by Crippen LogP contribution is -1.88. The summed E-state index contributed by atoms with van der Waals surface area (Å²) in [4.78, 5) is 4.00. The van der Waals surface area contributed by atoms with Crippen LogP contribution in [0.25, 0.3) is 22.5 Å². The van der Waals surface area contributed by atoms with E-state index >= 15 is 0 Å². The highest BCUT2D eigenvalue weighted by Gasteiger charge is 2.21. The molecule has 7 heteroatoms. The average molecular weight is 401 g/mol. The van der Waals surface area contributed by atoms with Crippen LogP contribution >= 0.6 is 43.2 Å². The average Bonchev–Trinajstić information content (AvgIpc) is 2.93. The van der Waals surface area contributed by atoms with Crippen molar-refractivity contribution in [2.45, 2.75) is 0 Å². The molecule has 0 aromatic carbocycles. The number of hydrogen-bond acceptors (Lipinski definition) is 5. The van der Waals surface area contributed by atoms with Crippen LogP contribution in [0.4, 0.5) is 5.82 Å². The fourth-order valence-corrected chi connectivity index (χ4v) is 4.57. The largest absolute Gasteiger partial charge is 0.380 e. The standard InChI is InChI=1S/C12H7Br2N3OS/c13-8-5-7(11(14)19-8)10-9(12(15)17-18-10)6-1-3-16-4-2-6/h1-5H,(H2,15,17). The lowest BCUT2D eigenvalue weighted by molar-refractivity contribution is 0.436. The van der Waals surface area contributed by atoms with Gasteiger partial charge in [-0.05, 0) is 55.6 Å². The van der Waals surface area contributed by atoms with Gasteiger partial charge in [-0.1, -0.05) is 5.16 Å². The number of rotatable bonds is 2. The zero-order valence-corrected chi connectivity index (χ0v) is 13.4. The van der Waals surface area contributed by atoms with Crippen molar-refractivity contribution in [3.05, 3.63) is 38.2 Å². The van der Waals surface area contributed by atoms with Crippen molar-refractivity contribution < 1.29 is 4.52 Å². The lowest BCUT2D eigenvalue weighted by atomic mass is 10.0. The Labute approximate surface area is 129 Å². The number of aromatic nitrogens is 2. The molecule has 0 spiro atoms. The van der Waals surface area contributed by atoms with Gasteiger partial charge in [0.15, 0.2) is 11.6 Å². The number of thiophene rings is 1. The Morgan fingerprint density at radius 1 is 1.21 bits per heavy atom. The monoisotopic (exact) mass is 399 g/mol. The topological polar surface area (TPSA) is 64.9 Å². The minimum atomic E-state index is 0.371. The minimum absolute atomic E-state index is 0.371. The van der Waals surface area contributed by atoms with E-state index < -0.39 is 0 Å². The first-order valence-electron chi connectivity index (χ1n) is 5.27. The number of hydrogen-bond donors (Lipinski definition) is 1. The van der Waals surface area contributed by atoms with Crippen molar-refractivity contribution in [1.29, 1.82) is 0 Å². The van der Waals surface area contributed by atoms with E-state index in [1.165, 1.54) is 0 Å². The van der Waals surface area contributed by atoms with Gasteiger partial charge in [0.25, 0.3) is 0 Å². The first kappa shape index (κ1) is 12.8. The van der Waals surface area contributed by atoms with Crippen molar-refractivity contribution >= 4 is 49.0 Å². The maximum absolute atomic E-state index is 5.92. The Morgan fingerprint density at radius 2 is 1.95 bits per heavy atom. The van der Waals surface area contributed by atoms with E-state index in [0.29, 0.717) is 11.6 Å². The van der Waals surface area contributed by atoms with E-state index in [0.717, 1.165) is 24.3 Å². The lowest BCUT2D eigenvalue weighted by Gasteiger charge is -2.01. The molecule has 0 radical (unpaired) electrons. The van der Waals surface area contributed by atoms with Gasteiger partial charge in [0.05, 0.1) is 13.1 Å². The van der Waals surface area contributed by atoms with Crippen molar-refractivity contribution in [2.75, 3.05) is 5.73 Å². The summed E-state index contributed by atoms with van der Waals surface area (Å²) >= 11 is 8.54. The SMILES string of the molecule is Nc1noc(-c2cc(Br)sc2Br)c1-c1ccncc1. The first-order chi connectivity index (χ1) is 9.16. The maximum atomic E-state index is 5.92. The van der Waals surface area contributed by atoms with Crippen LogP contribution in [0.5, 0.6) is 0 Å². The molecule has 3 rings (SSSR count). The van der Waals surface area contributed by atoms with Gasteiger partial charge in [0.2, 0.25) is 0 Å². The van der Waals surface area contributed by atoms with Crippen molar-refractivity contribution in [1.82, 2.24) is 10.1 Å². The van der Waals surface area contributed by atoms with E-state index in [2.05, 4.69) is 42.0 Å². The Bertz CT molecular complexity index is 724. The second kappa shape index (κ2) is 5.07. The molecule has 2 N–H and O–H groups in total. The summed E-state index contributed by atoms with van der Waals surface area (Å²) in [6.45, 7) is 0. The fourth-order valence-electron chi connectivity index (χ4n) is 1.78. The molecule has 0 bridgehead atoms. The van der Waals surface area contributed by atoms with E-state index in [9.17, 15) is 0 Å². The highest BCUT2D eigenvalue weighted by molar-refractivity contribution is 9.12. The number of nitrogens with two attached hydrogens (primary N) is 1. The summed E-state index contributed by atoms with van der Waals surface area (Å²) < 4.78 is 7.36. The smallest absolute Gasteiger partial charge is 0.178 e. The van der Waals surface area contributed by atoms with Gasteiger partial charge in [-0.25, -0.2) is 0 Å². The van der Waals surface area contributed by atoms with Crippen molar-refractivity contribution in [2.24, 2.45) is 0 Å². The van der Waals surface area contributed by atoms with Crippen LogP contribution < -0.4 is 5.73 Å². The Kier molecular flexibility index (Phi) is 3.42. The number of nitrogens with zero attached hydrogens (tertiary/aromatic N) is 2. The summed E-state index contributed by atoms with van der Waals surface area (Å²) in [7, 11) is 0. The van der Waals surface area contributed by atoms with E-state index in [1.807, 2.05) is 18.2 Å². The highest BCUT2D eigenvalue weighted by atomic mass is 79.9. The van der Waals surface area contributed by atoms with E-state index in [1.54, 1.807) is 23.7 Å². The molecule has 0 amide bonds. The third-order valence-electron chi connectivity index (χ3n) is 2.59. The van der Waals surface area contributed by atoms with E-state index in [4.69, 9.17) is 10.3 Å². The minimum Gasteiger partial charge on any atom is -0.380 e. The molecule has 0 saturated heterocycles. The van der Waals surface area contributed by atoms with Crippen LogP contribution in [0.1, 0.15) is 0 Å². The summed E-state index contributed by atoms with van der Waals surface area (Å²) in [5.41, 5.74) is 8.56. The molecular weight excluding hydrogens is 394 g/mol. The number of halogens is 2. The predicted octanol–water partition coefficient (Wildman–Crippen LogP) is 4.57. The van der Waals surface area contributed by atoms with Gasteiger partial charge in [0.1, 0.15) is 0 Å². The maximum Gasteiger partial charge on any atom is 0.178 e. The number of nitrogen functional groups attached to an aromatic ring is 1. The van der Waals surface area contributed by atoms with Crippen LogP contribution in [0.3, 0.4) is 0 Å². The Hall–Kier alpha value is -1.18. The van der Waals surface area contributed by atoms with Crippen LogP contribution in [0, 0.1) is 0 Å². The number of pyridine rings is 1. The number of anilines is 1. The van der Waals surface area contributed by atoms with Crippen molar-refractivity contribution in [3.8, 4) is 22.5 Å². The van der Waals surface area contributed by atoms with E-state index in [-0.39, 0.29) is 0 Å². The van der Waals surface area contributed by atoms with Crippen LogP contribution in [-0.4, -0.2) is 10.1 Å². The molecular formula is C12H7Br2N3OS. The molecule has 0 aliphatic carbocycles. The normalized spacial score (nSPS) is 10.8.